The molecule has 2 rings (SSSR count). The first-order valence-corrected chi connectivity index (χ1v) is 8.44. The van der Waals surface area contributed by atoms with Crippen LogP contribution in [-0.4, -0.2) is 24.0 Å². The maximum atomic E-state index is 11.9. The number of carbonyl (C=O) groups is 1. The molecular formula is C17H23N3O2S. The Hall–Kier alpha value is -1.92. The lowest BCUT2D eigenvalue weighted by atomic mass is 9.86. The van der Waals surface area contributed by atoms with E-state index < -0.39 is 0 Å². The summed E-state index contributed by atoms with van der Waals surface area (Å²) in [5.74, 6) is 0.655. The fourth-order valence-electron chi connectivity index (χ4n) is 2.14. The number of nitrogens with one attached hydrogen (secondary N) is 1. The van der Waals surface area contributed by atoms with Gasteiger partial charge in [-0.15, -0.1) is 11.3 Å². The molecule has 0 aliphatic rings. The van der Waals surface area contributed by atoms with Gasteiger partial charge < -0.3 is 15.8 Å². The van der Waals surface area contributed by atoms with Crippen LogP contribution in [0.15, 0.2) is 29.6 Å². The number of ether oxygens (including phenoxy) is 1. The van der Waals surface area contributed by atoms with Crippen LogP contribution in [0, 0.1) is 0 Å². The second-order valence-electron chi connectivity index (χ2n) is 6.18. The topological polar surface area (TPSA) is 77.2 Å². The van der Waals surface area contributed by atoms with E-state index in [0.717, 1.165) is 16.3 Å². The van der Waals surface area contributed by atoms with Crippen molar-refractivity contribution < 1.29 is 9.53 Å². The number of rotatable bonds is 6. The Bertz CT molecular complexity index is 662. The van der Waals surface area contributed by atoms with Crippen LogP contribution in [0.1, 0.15) is 41.8 Å². The van der Waals surface area contributed by atoms with Crippen LogP contribution in [0.2, 0.25) is 0 Å². The molecule has 0 fully saturated rings. The van der Waals surface area contributed by atoms with Crippen LogP contribution in [0.25, 0.3) is 0 Å². The number of hydrogen-bond donors (Lipinski definition) is 2. The van der Waals surface area contributed by atoms with Crippen molar-refractivity contribution in [2.24, 2.45) is 5.73 Å². The number of hydrogen-bond acceptors (Lipinski definition) is 5. The lowest BCUT2D eigenvalue weighted by Gasteiger charge is -2.22. The molecule has 3 N–H and O–H groups in total. The lowest BCUT2D eigenvalue weighted by molar-refractivity contribution is 0.0942. The molecule has 0 saturated heterocycles. The first kappa shape index (κ1) is 17.4. The average molecular weight is 333 g/mol. The molecular weight excluding hydrogens is 310 g/mol. The molecule has 0 spiro atoms. The highest BCUT2D eigenvalue weighted by atomic mass is 32.1. The maximum absolute atomic E-state index is 11.9. The number of carbonyl (C=O) groups excluding carboxylic acids is 1. The van der Waals surface area contributed by atoms with Crippen molar-refractivity contribution in [2.75, 3.05) is 13.2 Å². The van der Waals surface area contributed by atoms with Gasteiger partial charge in [0.1, 0.15) is 23.1 Å². The van der Waals surface area contributed by atoms with Gasteiger partial charge in [-0.3, -0.25) is 4.79 Å². The average Bonchev–Trinajstić information content (AvgIpc) is 3.00. The van der Waals surface area contributed by atoms with Crippen molar-refractivity contribution >= 4 is 17.2 Å². The van der Waals surface area contributed by atoms with E-state index in [4.69, 9.17) is 10.5 Å². The third-order valence-corrected chi connectivity index (χ3v) is 4.17. The van der Waals surface area contributed by atoms with E-state index in [1.54, 1.807) is 5.38 Å². The summed E-state index contributed by atoms with van der Waals surface area (Å²) < 4.78 is 5.82. The third kappa shape index (κ3) is 4.77. The minimum atomic E-state index is -0.200. The number of nitrogens with zero attached hydrogens (tertiary/aromatic N) is 1. The molecule has 5 nitrogen and oxygen atoms in total. The van der Waals surface area contributed by atoms with E-state index in [0.29, 0.717) is 25.4 Å². The lowest BCUT2D eigenvalue weighted by Crippen LogP contribution is -2.28. The standard InChI is InChI=1S/C17H23N3O2S/c1-17(2,3)12-6-4-5-7-14(12)22-9-8-19-16(21)13-11-23-15(10-18)20-13/h4-7,11H,8-10,18H2,1-3H3,(H,19,21). The zero-order chi connectivity index (χ0) is 16.9. The predicted molar refractivity (Wildman–Crippen MR) is 93.0 cm³/mol. The Kier molecular flexibility index (Phi) is 5.74. The number of aromatic nitrogens is 1. The highest BCUT2D eigenvalue weighted by Gasteiger charge is 2.18. The fraction of sp³-hybridized carbons (Fsp3) is 0.412. The van der Waals surface area contributed by atoms with E-state index in [1.165, 1.54) is 11.3 Å². The number of amides is 1. The Balaban J connectivity index is 1.85. The molecule has 6 heteroatoms. The van der Waals surface area contributed by atoms with Crippen molar-refractivity contribution in [2.45, 2.75) is 32.7 Å². The minimum Gasteiger partial charge on any atom is -0.491 e. The van der Waals surface area contributed by atoms with Gasteiger partial charge in [0, 0.05) is 11.9 Å². The smallest absolute Gasteiger partial charge is 0.270 e. The Morgan fingerprint density at radius 1 is 1.35 bits per heavy atom. The van der Waals surface area contributed by atoms with Crippen molar-refractivity contribution in [1.29, 1.82) is 0 Å². The second kappa shape index (κ2) is 7.57. The first-order valence-electron chi connectivity index (χ1n) is 7.57. The highest BCUT2D eigenvalue weighted by molar-refractivity contribution is 7.09. The molecule has 0 aliphatic heterocycles. The zero-order valence-electron chi connectivity index (χ0n) is 13.8. The van der Waals surface area contributed by atoms with Crippen molar-refractivity contribution in [3.05, 3.63) is 45.9 Å². The zero-order valence-corrected chi connectivity index (χ0v) is 14.6. The molecule has 23 heavy (non-hydrogen) atoms. The van der Waals surface area contributed by atoms with Gasteiger partial charge in [-0.05, 0) is 17.0 Å². The summed E-state index contributed by atoms with van der Waals surface area (Å²) in [6.45, 7) is 7.63. The summed E-state index contributed by atoms with van der Waals surface area (Å²) in [6, 6.07) is 7.98. The summed E-state index contributed by atoms with van der Waals surface area (Å²) in [6.07, 6.45) is 0. The quantitative estimate of drug-likeness (QED) is 0.797. The molecule has 0 radical (unpaired) electrons. The summed E-state index contributed by atoms with van der Waals surface area (Å²) in [7, 11) is 0. The summed E-state index contributed by atoms with van der Waals surface area (Å²) in [5, 5.41) is 5.27. The Morgan fingerprint density at radius 3 is 2.74 bits per heavy atom. The molecule has 0 atom stereocenters. The van der Waals surface area contributed by atoms with Gasteiger partial charge >= 0.3 is 0 Å². The van der Waals surface area contributed by atoms with Gasteiger partial charge in [-0.2, -0.15) is 0 Å². The summed E-state index contributed by atoms with van der Waals surface area (Å²) in [5.41, 5.74) is 7.07. The van der Waals surface area contributed by atoms with Crippen LogP contribution < -0.4 is 15.8 Å². The molecule has 1 aromatic carbocycles. The van der Waals surface area contributed by atoms with Crippen molar-refractivity contribution in [3.8, 4) is 5.75 Å². The van der Waals surface area contributed by atoms with Gasteiger partial charge in [-0.1, -0.05) is 39.0 Å². The number of thiazole rings is 1. The fourth-order valence-corrected chi connectivity index (χ4v) is 2.79. The Labute approximate surface area is 140 Å². The van der Waals surface area contributed by atoms with Gasteiger partial charge in [0.25, 0.3) is 5.91 Å². The molecule has 0 saturated carbocycles. The van der Waals surface area contributed by atoms with Gasteiger partial charge in [0.2, 0.25) is 0 Å². The molecule has 1 amide bonds. The van der Waals surface area contributed by atoms with Crippen LogP contribution in [0.3, 0.4) is 0 Å². The largest absolute Gasteiger partial charge is 0.491 e. The van der Waals surface area contributed by atoms with Crippen molar-refractivity contribution in [3.63, 3.8) is 0 Å². The third-order valence-electron chi connectivity index (χ3n) is 3.30. The van der Waals surface area contributed by atoms with E-state index in [2.05, 4.69) is 37.1 Å². The SMILES string of the molecule is CC(C)(C)c1ccccc1OCCNC(=O)c1csc(CN)n1. The van der Waals surface area contributed by atoms with E-state index >= 15 is 0 Å². The normalized spacial score (nSPS) is 11.3. The molecule has 2 aromatic rings. The predicted octanol–water partition coefficient (Wildman–Crippen LogP) is 2.71. The van der Waals surface area contributed by atoms with Gasteiger partial charge in [-0.25, -0.2) is 4.98 Å². The summed E-state index contributed by atoms with van der Waals surface area (Å²) in [4.78, 5) is 16.1. The monoisotopic (exact) mass is 333 g/mol. The Morgan fingerprint density at radius 2 is 2.09 bits per heavy atom. The summed E-state index contributed by atoms with van der Waals surface area (Å²) >= 11 is 1.39. The van der Waals surface area contributed by atoms with Gasteiger partial charge in [0.05, 0.1) is 6.54 Å². The first-order chi connectivity index (χ1) is 10.9. The number of nitrogens with two attached hydrogens (primary N) is 1. The number of para-hydroxylation sites is 1. The molecule has 1 heterocycles. The van der Waals surface area contributed by atoms with Gasteiger partial charge in [0.15, 0.2) is 0 Å². The highest BCUT2D eigenvalue weighted by Crippen LogP contribution is 2.30. The molecule has 1 aromatic heterocycles. The van der Waals surface area contributed by atoms with E-state index in [-0.39, 0.29) is 11.3 Å². The van der Waals surface area contributed by atoms with Crippen LogP contribution in [-0.2, 0) is 12.0 Å². The van der Waals surface area contributed by atoms with E-state index in [9.17, 15) is 4.79 Å². The van der Waals surface area contributed by atoms with E-state index in [1.807, 2.05) is 18.2 Å². The second-order valence-corrected chi connectivity index (χ2v) is 7.12. The number of benzene rings is 1. The molecule has 0 unspecified atom stereocenters. The van der Waals surface area contributed by atoms with Crippen LogP contribution >= 0.6 is 11.3 Å². The van der Waals surface area contributed by atoms with Crippen LogP contribution in [0.4, 0.5) is 0 Å². The molecule has 124 valence electrons. The van der Waals surface area contributed by atoms with Crippen LogP contribution in [0.5, 0.6) is 5.75 Å². The minimum absolute atomic E-state index is 0.0130. The van der Waals surface area contributed by atoms with Crippen molar-refractivity contribution in [1.82, 2.24) is 10.3 Å². The molecule has 0 aliphatic carbocycles. The molecule has 0 bridgehead atoms. The maximum Gasteiger partial charge on any atom is 0.270 e.